The zero-order valence-electron chi connectivity index (χ0n) is 20.0. The summed E-state index contributed by atoms with van der Waals surface area (Å²) in [5, 5.41) is 0.862. The molecule has 4 saturated carbocycles. The van der Waals surface area contributed by atoms with E-state index < -0.39 is 0 Å². The van der Waals surface area contributed by atoms with Crippen LogP contribution in [0.1, 0.15) is 44.9 Å². The van der Waals surface area contributed by atoms with Crippen LogP contribution < -0.4 is 9.64 Å². The van der Waals surface area contributed by atoms with Gasteiger partial charge in [-0.2, -0.15) is 0 Å². The fraction of sp³-hybridized carbons (Fsp3) is 0.692. The molecule has 7 rings (SSSR count). The van der Waals surface area contributed by atoms with Crippen LogP contribution in [0, 0.1) is 23.2 Å². The summed E-state index contributed by atoms with van der Waals surface area (Å²) in [7, 11) is 1.68. The number of ether oxygens (including phenoxy) is 2. The predicted octanol–water partition coefficient (Wildman–Crippen LogP) is 5.00. The number of thiazole rings is 1. The first-order valence-electron chi connectivity index (χ1n) is 12.7. The van der Waals surface area contributed by atoms with Gasteiger partial charge in [-0.05, 0) is 74.8 Å². The van der Waals surface area contributed by atoms with Crippen molar-refractivity contribution in [3.05, 3.63) is 18.2 Å². The summed E-state index contributed by atoms with van der Waals surface area (Å²) >= 11 is 1.65. The number of benzene rings is 1. The maximum absolute atomic E-state index is 14.3. The number of amides is 1. The molecular formula is C26H36ClN3O3S. The van der Waals surface area contributed by atoms with Gasteiger partial charge in [0.2, 0.25) is 5.91 Å². The number of rotatable bonds is 7. The van der Waals surface area contributed by atoms with Crippen molar-refractivity contribution in [1.82, 2.24) is 9.88 Å². The molecule has 1 aliphatic heterocycles. The van der Waals surface area contributed by atoms with Crippen LogP contribution in [0.2, 0.25) is 0 Å². The molecule has 1 saturated heterocycles. The van der Waals surface area contributed by atoms with Gasteiger partial charge in [0.25, 0.3) is 0 Å². The Morgan fingerprint density at radius 1 is 1.18 bits per heavy atom. The van der Waals surface area contributed by atoms with Crippen LogP contribution in [0.5, 0.6) is 5.75 Å². The highest BCUT2D eigenvalue weighted by Crippen LogP contribution is 2.60. The largest absolute Gasteiger partial charge is 0.497 e. The minimum atomic E-state index is -0.150. The van der Waals surface area contributed by atoms with Crippen molar-refractivity contribution in [1.29, 1.82) is 0 Å². The van der Waals surface area contributed by atoms with E-state index in [1.807, 2.05) is 12.1 Å². The smallest absolute Gasteiger partial charge is 0.235 e. The molecule has 4 bridgehead atoms. The summed E-state index contributed by atoms with van der Waals surface area (Å²) in [6.07, 6.45) is 8.31. The highest BCUT2D eigenvalue weighted by molar-refractivity contribution is 7.22. The Kier molecular flexibility index (Phi) is 7.09. The van der Waals surface area contributed by atoms with E-state index in [0.29, 0.717) is 5.91 Å². The Morgan fingerprint density at radius 2 is 1.85 bits per heavy atom. The molecular weight excluding hydrogens is 470 g/mol. The van der Waals surface area contributed by atoms with Gasteiger partial charge < -0.3 is 9.47 Å². The fourth-order valence-corrected chi connectivity index (χ4v) is 8.33. The monoisotopic (exact) mass is 505 g/mol. The van der Waals surface area contributed by atoms with Crippen molar-refractivity contribution in [3.63, 3.8) is 0 Å². The van der Waals surface area contributed by atoms with E-state index in [1.54, 1.807) is 18.4 Å². The number of hydrogen-bond acceptors (Lipinski definition) is 6. The van der Waals surface area contributed by atoms with Crippen molar-refractivity contribution in [3.8, 4) is 5.75 Å². The molecule has 1 aromatic heterocycles. The Labute approximate surface area is 212 Å². The summed E-state index contributed by atoms with van der Waals surface area (Å²) in [6, 6.07) is 6.03. The Morgan fingerprint density at radius 3 is 2.50 bits per heavy atom. The molecule has 5 fully saturated rings. The molecule has 5 aliphatic rings. The first-order valence-corrected chi connectivity index (χ1v) is 13.5. The number of halogens is 1. The molecule has 0 radical (unpaired) electrons. The molecule has 0 N–H and O–H groups in total. The van der Waals surface area contributed by atoms with Crippen molar-refractivity contribution < 1.29 is 14.3 Å². The van der Waals surface area contributed by atoms with Gasteiger partial charge in [-0.3, -0.25) is 14.6 Å². The topological polar surface area (TPSA) is 54.9 Å². The van der Waals surface area contributed by atoms with Crippen LogP contribution in [0.4, 0.5) is 5.13 Å². The van der Waals surface area contributed by atoms with Crippen LogP contribution in [-0.2, 0) is 9.53 Å². The maximum Gasteiger partial charge on any atom is 0.235 e. The van der Waals surface area contributed by atoms with Gasteiger partial charge in [-0.15, -0.1) is 12.4 Å². The number of fused-ring (bicyclic) bond motifs is 1. The van der Waals surface area contributed by atoms with Crippen LogP contribution in [0.25, 0.3) is 10.2 Å². The molecule has 0 atom stereocenters. The molecule has 4 aliphatic carbocycles. The molecule has 2 heterocycles. The summed E-state index contributed by atoms with van der Waals surface area (Å²) in [5.41, 5.74) is 0.773. The molecule has 2 aromatic rings. The van der Waals surface area contributed by atoms with Crippen molar-refractivity contribution >= 4 is 45.0 Å². The zero-order valence-corrected chi connectivity index (χ0v) is 21.7. The van der Waals surface area contributed by atoms with Crippen LogP contribution >= 0.6 is 23.7 Å². The summed E-state index contributed by atoms with van der Waals surface area (Å²) in [6.45, 7) is 5.36. The average Bonchev–Trinajstić information content (AvgIpc) is 3.24. The maximum atomic E-state index is 14.3. The molecule has 8 heteroatoms. The highest BCUT2D eigenvalue weighted by Gasteiger charge is 2.56. The summed E-state index contributed by atoms with van der Waals surface area (Å²) in [5.74, 6) is 3.44. The van der Waals surface area contributed by atoms with E-state index in [-0.39, 0.29) is 17.8 Å². The van der Waals surface area contributed by atoms with E-state index in [2.05, 4.69) is 15.9 Å². The average molecular weight is 506 g/mol. The highest BCUT2D eigenvalue weighted by atomic mass is 35.5. The van der Waals surface area contributed by atoms with Crippen molar-refractivity contribution in [2.24, 2.45) is 23.2 Å². The normalized spacial score (nSPS) is 30.3. The third-order valence-corrected chi connectivity index (χ3v) is 9.57. The second kappa shape index (κ2) is 9.92. The predicted molar refractivity (Wildman–Crippen MR) is 138 cm³/mol. The molecule has 1 amide bonds. The van der Waals surface area contributed by atoms with Crippen molar-refractivity contribution in [2.75, 3.05) is 51.4 Å². The third kappa shape index (κ3) is 4.57. The lowest BCUT2D eigenvalue weighted by Gasteiger charge is -2.56. The van der Waals surface area contributed by atoms with Gasteiger partial charge in [0.1, 0.15) is 5.75 Å². The number of carbonyl (C=O) groups is 1. The first kappa shape index (κ1) is 24.3. The Bertz CT molecular complexity index is 987. The van der Waals surface area contributed by atoms with Gasteiger partial charge in [-0.1, -0.05) is 11.3 Å². The number of aromatic nitrogens is 1. The quantitative estimate of drug-likeness (QED) is 0.530. The number of hydrogen-bond donors (Lipinski definition) is 0. The van der Waals surface area contributed by atoms with Crippen LogP contribution in [-0.4, -0.2) is 62.3 Å². The van der Waals surface area contributed by atoms with E-state index in [4.69, 9.17) is 14.5 Å². The van der Waals surface area contributed by atoms with E-state index in [9.17, 15) is 4.79 Å². The van der Waals surface area contributed by atoms with Gasteiger partial charge in [0, 0.05) is 32.2 Å². The number of carbonyl (C=O) groups excluding carboxylic acids is 1. The standard InChI is InChI=1S/C26H35N3O3S.ClH/c1-31-21-3-4-23-22(14-21)27-25(33-23)29(6-2-5-28-7-9-32-10-8-28)24(30)26-15-18-11-19(16-26)13-20(12-18)17-26;/h3-4,14,18-20H,2,5-13,15-17H2,1H3;1H. The lowest BCUT2D eigenvalue weighted by atomic mass is 9.49. The summed E-state index contributed by atoms with van der Waals surface area (Å²) < 4.78 is 12.0. The lowest BCUT2D eigenvalue weighted by Crippen LogP contribution is -2.55. The third-order valence-electron chi connectivity index (χ3n) is 8.51. The van der Waals surface area contributed by atoms with E-state index in [1.165, 1.54) is 19.3 Å². The fourth-order valence-electron chi connectivity index (χ4n) is 7.36. The second-order valence-corrected chi connectivity index (χ2v) is 11.8. The SMILES string of the molecule is COc1ccc2sc(N(CCCN3CCOCC3)C(=O)C34CC5CC(CC(C5)C3)C4)nc2c1.Cl. The second-order valence-electron chi connectivity index (χ2n) is 10.8. The minimum Gasteiger partial charge on any atom is -0.497 e. The molecule has 0 spiro atoms. The molecule has 6 nitrogen and oxygen atoms in total. The zero-order chi connectivity index (χ0) is 22.4. The van der Waals surface area contributed by atoms with Crippen molar-refractivity contribution in [2.45, 2.75) is 44.9 Å². The number of methoxy groups -OCH3 is 1. The minimum absolute atomic E-state index is 0. The van der Waals surface area contributed by atoms with Gasteiger partial charge in [0.15, 0.2) is 5.13 Å². The number of nitrogens with zero attached hydrogens (tertiary/aromatic N) is 3. The van der Waals surface area contributed by atoms with E-state index >= 15 is 0 Å². The number of anilines is 1. The Hall–Kier alpha value is -1.41. The molecule has 186 valence electrons. The van der Waals surface area contributed by atoms with Crippen LogP contribution in [0.15, 0.2) is 18.2 Å². The molecule has 34 heavy (non-hydrogen) atoms. The molecule has 0 unspecified atom stereocenters. The van der Waals surface area contributed by atoms with Gasteiger partial charge >= 0.3 is 0 Å². The molecule has 1 aromatic carbocycles. The van der Waals surface area contributed by atoms with Gasteiger partial charge in [-0.25, -0.2) is 4.98 Å². The first-order chi connectivity index (χ1) is 16.1. The summed E-state index contributed by atoms with van der Waals surface area (Å²) in [4.78, 5) is 23.8. The van der Waals surface area contributed by atoms with Crippen LogP contribution in [0.3, 0.4) is 0 Å². The van der Waals surface area contributed by atoms with E-state index in [0.717, 1.165) is 104 Å². The number of morpholine rings is 1. The lowest BCUT2D eigenvalue weighted by molar-refractivity contribution is -0.143. The van der Waals surface area contributed by atoms with Gasteiger partial charge in [0.05, 0.1) is 36.0 Å². The Balaban J connectivity index is 0.00000241.